The van der Waals surface area contributed by atoms with Crippen molar-refractivity contribution in [1.82, 2.24) is 9.88 Å². The van der Waals surface area contributed by atoms with E-state index in [1.807, 2.05) is 42.2 Å². The molecule has 0 spiro atoms. The van der Waals surface area contributed by atoms with E-state index in [1.54, 1.807) is 6.07 Å². The first-order chi connectivity index (χ1) is 13.6. The van der Waals surface area contributed by atoms with E-state index >= 15 is 4.39 Å². The van der Waals surface area contributed by atoms with Gasteiger partial charge in [-0.2, -0.15) is 0 Å². The van der Waals surface area contributed by atoms with Gasteiger partial charge >= 0.3 is 0 Å². The van der Waals surface area contributed by atoms with Crippen molar-refractivity contribution < 1.29 is 4.39 Å². The van der Waals surface area contributed by atoms with Crippen LogP contribution in [-0.2, 0) is 0 Å². The Morgan fingerprint density at radius 3 is 2.75 bits per heavy atom. The molecule has 0 radical (unpaired) electrons. The predicted molar refractivity (Wildman–Crippen MR) is 113 cm³/mol. The van der Waals surface area contributed by atoms with E-state index in [-0.39, 0.29) is 17.9 Å². The van der Waals surface area contributed by atoms with Crippen LogP contribution in [0.5, 0.6) is 0 Å². The maximum atomic E-state index is 15.2. The largest absolute Gasteiger partial charge is 0.369 e. The number of hydrogen-bond acceptors (Lipinski definition) is 5. The Morgan fingerprint density at radius 1 is 1.18 bits per heavy atom. The summed E-state index contributed by atoms with van der Waals surface area (Å²) in [6.07, 6.45) is 4.10. The van der Waals surface area contributed by atoms with Crippen LogP contribution < -0.4 is 4.90 Å². The van der Waals surface area contributed by atoms with Crippen molar-refractivity contribution in [1.29, 1.82) is 0 Å². The summed E-state index contributed by atoms with van der Waals surface area (Å²) >= 11 is 1.81. The molecule has 5 rings (SSSR count). The number of halogens is 1. The van der Waals surface area contributed by atoms with Gasteiger partial charge in [-0.3, -0.25) is 9.98 Å². The normalized spacial score (nSPS) is 26.7. The summed E-state index contributed by atoms with van der Waals surface area (Å²) < 4.78 is 15.2. The average molecular weight is 397 g/mol. The molecule has 0 unspecified atom stereocenters. The van der Waals surface area contributed by atoms with Crippen LogP contribution >= 0.6 is 11.8 Å². The van der Waals surface area contributed by atoms with Crippen LogP contribution in [0.1, 0.15) is 48.7 Å². The molecule has 28 heavy (non-hydrogen) atoms. The van der Waals surface area contributed by atoms with Gasteiger partial charge in [-0.1, -0.05) is 24.8 Å². The molecule has 2 aromatic rings. The zero-order valence-corrected chi connectivity index (χ0v) is 17.1. The van der Waals surface area contributed by atoms with Gasteiger partial charge in [-0.15, -0.1) is 0 Å². The molecule has 4 heterocycles. The highest BCUT2D eigenvalue weighted by Crippen LogP contribution is 2.48. The molecule has 0 amide bonds. The Kier molecular flexibility index (Phi) is 4.54. The molecule has 0 aliphatic carbocycles. The van der Waals surface area contributed by atoms with Crippen LogP contribution in [0.15, 0.2) is 41.5 Å². The first kappa shape index (κ1) is 18.0. The van der Waals surface area contributed by atoms with Crippen LogP contribution in [0.4, 0.5) is 10.1 Å². The number of pyridine rings is 1. The molecule has 4 nitrogen and oxygen atoms in total. The zero-order chi connectivity index (χ0) is 19.3. The number of anilines is 1. The number of rotatable bonds is 3. The lowest BCUT2D eigenvalue weighted by molar-refractivity contribution is 0.319. The van der Waals surface area contributed by atoms with Crippen LogP contribution in [-0.4, -0.2) is 39.9 Å². The molecule has 0 saturated carbocycles. The summed E-state index contributed by atoms with van der Waals surface area (Å²) in [6.45, 7) is 7.16. The lowest BCUT2D eigenvalue weighted by Gasteiger charge is -2.29. The van der Waals surface area contributed by atoms with Gasteiger partial charge in [-0.05, 0) is 55.2 Å². The van der Waals surface area contributed by atoms with Gasteiger partial charge in [0.1, 0.15) is 11.9 Å². The lowest BCUT2D eigenvalue weighted by Crippen LogP contribution is -2.29. The number of thioether (sulfide) groups is 1. The lowest BCUT2D eigenvalue weighted by atomic mass is 9.92. The van der Waals surface area contributed by atoms with Crippen LogP contribution in [0, 0.1) is 12.7 Å². The van der Waals surface area contributed by atoms with Crippen molar-refractivity contribution >= 4 is 22.6 Å². The van der Waals surface area contributed by atoms with E-state index in [1.165, 1.54) is 0 Å². The SMILES string of the molecule is Cc1cc(N2CCCC2)c(F)cc1[C@@H]1[C@@H](c2ccccn2)N=C2S[C@H](C)CN21. The van der Waals surface area contributed by atoms with E-state index in [2.05, 4.69) is 28.6 Å². The van der Waals surface area contributed by atoms with Crippen molar-refractivity contribution in [2.75, 3.05) is 24.5 Å². The van der Waals surface area contributed by atoms with Crippen LogP contribution in [0.2, 0.25) is 0 Å². The number of benzene rings is 1. The van der Waals surface area contributed by atoms with Crippen molar-refractivity contribution in [3.8, 4) is 0 Å². The maximum Gasteiger partial charge on any atom is 0.160 e. The van der Waals surface area contributed by atoms with Crippen molar-refractivity contribution in [2.45, 2.75) is 44.0 Å². The summed E-state index contributed by atoms with van der Waals surface area (Å²) in [5.74, 6) is -0.115. The number of aromatic nitrogens is 1. The summed E-state index contributed by atoms with van der Waals surface area (Å²) in [5.41, 5.74) is 3.86. The standard InChI is InChI=1S/C22H25FN4S/c1-14-11-19(26-9-5-6-10-26)17(23)12-16(14)21-20(18-7-3-4-8-24-18)25-22-27(21)13-15(2)28-22/h3-4,7-8,11-12,15,20-21H,5-6,9-10,13H2,1-2H3/t15-,20-,21-/m1/s1. The third-order valence-electron chi connectivity index (χ3n) is 5.98. The van der Waals surface area contributed by atoms with E-state index in [9.17, 15) is 0 Å². The van der Waals surface area contributed by atoms with Crippen LogP contribution in [0.25, 0.3) is 0 Å². The highest BCUT2D eigenvalue weighted by Gasteiger charge is 2.44. The topological polar surface area (TPSA) is 31.7 Å². The number of fused-ring (bicyclic) bond motifs is 1. The second kappa shape index (κ2) is 7.07. The van der Waals surface area contributed by atoms with Gasteiger partial charge < -0.3 is 9.80 Å². The van der Waals surface area contributed by atoms with Crippen molar-refractivity contribution in [2.24, 2.45) is 4.99 Å². The third-order valence-corrected chi connectivity index (χ3v) is 7.08. The molecule has 2 fully saturated rings. The van der Waals surface area contributed by atoms with E-state index in [4.69, 9.17) is 4.99 Å². The molecule has 3 aliphatic heterocycles. The van der Waals surface area contributed by atoms with Gasteiger partial charge in [0.05, 0.1) is 17.4 Å². The number of aliphatic imine (C=N–C) groups is 1. The third kappa shape index (κ3) is 2.98. The molecule has 146 valence electrons. The molecular formula is C22H25FN4S. The zero-order valence-electron chi connectivity index (χ0n) is 16.3. The summed E-state index contributed by atoms with van der Waals surface area (Å²) in [6, 6.07) is 9.67. The van der Waals surface area contributed by atoms with Gasteiger partial charge in [0.2, 0.25) is 0 Å². The Bertz CT molecular complexity index is 910. The molecule has 1 aromatic carbocycles. The molecule has 3 aliphatic rings. The molecule has 0 bridgehead atoms. The Labute approximate surface area is 169 Å². The minimum Gasteiger partial charge on any atom is -0.369 e. The van der Waals surface area contributed by atoms with Gasteiger partial charge in [0.15, 0.2) is 5.17 Å². The Hall–Kier alpha value is -2.08. The molecule has 1 aromatic heterocycles. The summed E-state index contributed by atoms with van der Waals surface area (Å²) in [7, 11) is 0. The fourth-order valence-corrected chi connectivity index (χ4v) is 5.75. The maximum absolute atomic E-state index is 15.2. The molecule has 0 N–H and O–H groups in total. The molecule has 6 heteroatoms. The number of amidine groups is 1. The summed E-state index contributed by atoms with van der Waals surface area (Å²) in [5, 5.41) is 1.57. The Balaban J connectivity index is 1.57. The first-order valence-electron chi connectivity index (χ1n) is 10.1. The van der Waals surface area contributed by atoms with Gasteiger partial charge in [0, 0.05) is 31.1 Å². The van der Waals surface area contributed by atoms with E-state index < -0.39 is 0 Å². The minimum atomic E-state index is -0.115. The fraction of sp³-hybridized carbons (Fsp3) is 0.455. The average Bonchev–Trinajstić information content (AvgIpc) is 3.40. The van der Waals surface area contributed by atoms with Crippen molar-refractivity contribution in [3.05, 3.63) is 59.2 Å². The van der Waals surface area contributed by atoms with E-state index in [0.29, 0.717) is 5.25 Å². The molecule has 2 saturated heterocycles. The molecule has 3 atom stereocenters. The highest BCUT2D eigenvalue weighted by atomic mass is 32.2. The quantitative estimate of drug-likeness (QED) is 0.751. The number of hydrogen-bond donors (Lipinski definition) is 0. The monoisotopic (exact) mass is 396 g/mol. The first-order valence-corrected chi connectivity index (χ1v) is 11.0. The number of aryl methyl sites for hydroxylation is 1. The van der Waals surface area contributed by atoms with Gasteiger partial charge in [-0.25, -0.2) is 4.39 Å². The summed E-state index contributed by atoms with van der Waals surface area (Å²) in [4.78, 5) is 14.1. The smallest absolute Gasteiger partial charge is 0.160 e. The second-order valence-electron chi connectivity index (χ2n) is 7.99. The number of nitrogens with zero attached hydrogens (tertiary/aromatic N) is 4. The van der Waals surface area contributed by atoms with Crippen molar-refractivity contribution in [3.63, 3.8) is 0 Å². The predicted octanol–water partition coefficient (Wildman–Crippen LogP) is 4.72. The fourth-order valence-electron chi connectivity index (χ4n) is 4.65. The molecular weight excluding hydrogens is 371 g/mol. The van der Waals surface area contributed by atoms with Gasteiger partial charge in [0.25, 0.3) is 0 Å². The van der Waals surface area contributed by atoms with E-state index in [0.717, 1.165) is 60.2 Å². The highest BCUT2D eigenvalue weighted by molar-refractivity contribution is 8.14. The Morgan fingerprint density at radius 2 is 2.00 bits per heavy atom. The second-order valence-corrected chi connectivity index (χ2v) is 9.40. The minimum absolute atomic E-state index is 0.00415. The van der Waals surface area contributed by atoms with Crippen LogP contribution in [0.3, 0.4) is 0 Å².